The molecule has 1 heterocycles. The molecule has 1 N–H and O–H groups in total. The fraction of sp³-hybridized carbons (Fsp3) is 1.00. The van der Waals surface area contributed by atoms with E-state index in [9.17, 15) is 0 Å². The van der Waals surface area contributed by atoms with Crippen LogP contribution in [0, 0.1) is 0 Å². The minimum atomic E-state index is -2.53. The molecular formula is C20H44N2O4Si. The van der Waals surface area contributed by atoms with Gasteiger partial charge in [0.15, 0.2) is 0 Å². The highest BCUT2D eigenvalue weighted by molar-refractivity contribution is 6.60. The average molecular weight is 405 g/mol. The van der Waals surface area contributed by atoms with Crippen molar-refractivity contribution in [2.24, 2.45) is 0 Å². The van der Waals surface area contributed by atoms with Crippen molar-refractivity contribution in [3.05, 3.63) is 0 Å². The van der Waals surface area contributed by atoms with Crippen LogP contribution in [0.15, 0.2) is 0 Å². The fourth-order valence-electron chi connectivity index (χ4n) is 4.50. The fourth-order valence-corrected chi connectivity index (χ4v) is 7.11. The van der Waals surface area contributed by atoms with E-state index in [1.54, 1.807) is 0 Å². The Labute approximate surface area is 168 Å². The van der Waals surface area contributed by atoms with Gasteiger partial charge in [0.25, 0.3) is 0 Å². The van der Waals surface area contributed by atoms with Crippen molar-refractivity contribution in [2.45, 2.75) is 97.8 Å². The summed E-state index contributed by atoms with van der Waals surface area (Å²) >= 11 is 0. The van der Waals surface area contributed by atoms with Crippen molar-refractivity contribution in [1.82, 2.24) is 10.4 Å². The Morgan fingerprint density at radius 1 is 0.852 bits per heavy atom. The first kappa shape index (κ1) is 25.0. The lowest BCUT2D eigenvalue weighted by molar-refractivity contribution is -0.281. The van der Waals surface area contributed by atoms with Gasteiger partial charge in [-0.15, -0.1) is 0 Å². The van der Waals surface area contributed by atoms with Crippen molar-refractivity contribution in [2.75, 3.05) is 33.0 Å². The third-order valence-corrected chi connectivity index (χ3v) is 8.19. The van der Waals surface area contributed by atoms with Crippen LogP contribution in [0.25, 0.3) is 0 Å². The van der Waals surface area contributed by atoms with E-state index in [1.807, 2.05) is 20.8 Å². The van der Waals surface area contributed by atoms with Gasteiger partial charge in [0.2, 0.25) is 0 Å². The number of nitrogens with one attached hydrogen (secondary N) is 1. The number of nitrogens with zero attached hydrogens (tertiary/aromatic N) is 1. The van der Waals surface area contributed by atoms with E-state index in [0.717, 1.165) is 31.9 Å². The highest BCUT2D eigenvalue weighted by Gasteiger charge is 2.46. The number of rotatable bonds is 13. The quantitative estimate of drug-likeness (QED) is 0.370. The predicted molar refractivity (Wildman–Crippen MR) is 113 cm³/mol. The van der Waals surface area contributed by atoms with Crippen LogP contribution < -0.4 is 5.32 Å². The summed E-state index contributed by atoms with van der Waals surface area (Å²) in [5.41, 5.74) is 0.0196. The Morgan fingerprint density at radius 2 is 1.33 bits per heavy atom. The van der Waals surface area contributed by atoms with Crippen molar-refractivity contribution in [3.63, 3.8) is 0 Å². The standard InChI is InChI=1S/C20H44N2O4Si/c1-9-23-22-19(5,6)16-18(17-20(22,7)8)21-14-13-15-27(24-10-2,25-11-3)26-12-4/h18,21H,9-17H2,1-8H3. The minimum Gasteiger partial charge on any atom is -0.374 e. The van der Waals surface area contributed by atoms with Crippen molar-refractivity contribution >= 4 is 8.80 Å². The molecule has 1 aliphatic rings. The van der Waals surface area contributed by atoms with Gasteiger partial charge in [0, 0.05) is 43.0 Å². The predicted octanol–water partition coefficient (Wildman–Crippen LogP) is 3.99. The molecule has 0 aliphatic carbocycles. The van der Waals surface area contributed by atoms with Gasteiger partial charge in [-0.3, -0.25) is 4.84 Å². The zero-order chi connectivity index (χ0) is 20.6. The van der Waals surface area contributed by atoms with Crippen LogP contribution >= 0.6 is 0 Å². The van der Waals surface area contributed by atoms with Crippen LogP contribution in [0.3, 0.4) is 0 Å². The Balaban J connectivity index is 2.58. The molecule has 1 rings (SSSR count). The molecule has 0 aromatic heterocycles. The maximum absolute atomic E-state index is 5.97. The summed E-state index contributed by atoms with van der Waals surface area (Å²) in [6.07, 6.45) is 3.14. The van der Waals surface area contributed by atoms with Gasteiger partial charge in [-0.05, 0) is 81.2 Å². The molecule has 0 aromatic rings. The second-order valence-corrected chi connectivity index (χ2v) is 11.2. The second kappa shape index (κ2) is 11.2. The van der Waals surface area contributed by atoms with Crippen LogP contribution in [0.1, 0.15) is 74.7 Å². The molecule has 1 fully saturated rings. The highest BCUT2D eigenvalue weighted by atomic mass is 28.4. The molecular weight excluding hydrogens is 360 g/mol. The number of hydroxylamine groups is 2. The smallest absolute Gasteiger partial charge is 0.374 e. The zero-order valence-electron chi connectivity index (χ0n) is 19.0. The third-order valence-electron chi connectivity index (χ3n) is 5.04. The highest BCUT2D eigenvalue weighted by Crippen LogP contribution is 2.38. The Kier molecular flexibility index (Phi) is 10.4. The maximum Gasteiger partial charge on any atom is 0.500 e. The van der Waals surface area contributed by atoms with E-state index in [-0.39, 0.29) is 11.1 Å². The molecule has 0 radical (unpaired) electrons. The topological polar surface area (TPSA) is 52.2 Å². The maximum atomic E-state index is 5.97. The van der Waals surface area contributed by atoms with Gasteiger partial charge in [0.05, 0.1) is 6.61 Å². The first-order chi connectivity index (χ1) is 12.7. The summed E-state index contributed by atoms with van der Waals surface area (Å²) in [6.45, 7) is 20.7. The molecule has 0 atom stereocenters. The molecule has 0 spiro atoms. The Bertz CT molecular complexity index is 386. The summed E-state index contributed by atoms with van der Waals surface area (Å²) in [6, 6.07) is 1.34. The van der Waals surface area contributed by atoms with E-state index >= 15 is 0 Å². The molecule has 6 nitrogen and oxygen atoms in total. The molecule has 0 amide bonds. The number of piperidine rings is 1. The van der Waals surface area contributed by atoms with Crippen molar-refractivity contribution in [3.8, 4) is 0 Å². The van der Waals surface area contributed by atoms with Crippen LogP contribution in [0.5, 0.6) is 0 Å². The molecule has 7 heteroatoms. The summed E-state index contributed by atoms with van der Waals surface area (Å²) in [7, 11) is -2.53. The Morgan fingerprint density at radius 3 is 1.74 bits per heavy atom. The van der Waals surface area contributed by atoms with E-state index in [2.05, 4.69) is 45.0 Å². The van der Waals surface area contributed by atoms with Gasteiger partial charge in [-0.25, -0.2) is 0 Å². The van der Waals surface area contributed by atoms with Crippen LogP contribution in [0.2, 0.25) is 6.04 Å². The van der Waals surface area contributed by atoms with Crippen molar-refractivity contribution < 1.29 is 18.1 Å². The monoisotopic (exact) mass is 404 g/mol. The lowest BCUT2D eigenvalue weighted by Crippen LogP contribution is -2.63. The summed E-state index contributed by atoms with van der Waals surface area (Å²) in [5.74, 6) is 0. The molecule has 162 valence electrons. The van der Waals surface area contributed by atoms with Crippen molar-refractivity contribution in [1.29, 1.82) is 0 Å². The molecule has 0 unspecified atom stereocenters. The van der Waals surface area contributed by atoms with E-state index < -0.39 is 8.80 Å². The summed E-state index contributed by atoms with van der Waals surface area (Å²) in [4.78, 5) is 5.97. The summed E-state index contributed by atoms with van der Waals surface area (Å²) < 4.78 is 17.9. The van der Waals surface area contributed by atoms with Crippen LogP contribution in [-0.4, -0.2) is 64.0 Å². The third kappa shape index (κ3) is 7.38. The molecule has 0 aromatic carbocycles. The first-order valence-corrected chi connectivity index (χ1v) is 12.7. The molecule has 27 heavy (non-hydrogen) atoms. The van der Waals surface area contributed by atoms with Crippen LogP contribution in [0.4, 0.5) is 0 Å². The lowest BCUT2D eigenvalue weighted by Gasteiger charge is -2.54. The molecule has 1 aliphatic heterocycles. The van der Waals surface area contributed by atoms with Gasteiger partial charge < -0.3 is 18.6 Å². The van der Waals surface area contributed by atoms with E-state index in [1.165, 1.54) is 0 Å². The summed E-state index contributed by atoms with van der Waals surface area (Å²) in [5, 5.41) is 5.97. The van der Waals surface area contributed by atoms with Gasteiger partial charge >= 0.3 is 8.80 Å². The molecule has 1 saturated heterocycles. The second-order valence-electron chi connectivity index (χ2n) is 8.48. The number of hydrogen-bond acceptors (Lipinski definition) is 6. The largest absolute Gasteiger partial charge is 0.500 e. The van der Waals surface area contributed by atoms with E-state index in [4.69, 9.17) is 18.1 Å². The van der Waals surface area contributed by atoms with Gasteiger partial charge in [0.1, 0.15) is 0 Å². The Hall–Kier alpha value is -0.0231. The van der Waals surface area contributed by atoms with E-state index in [0.29, 0.717) is 32.5 Å². The normalized spacial score (nSPS) is 20.9. The molecule has 0 saturated carbocycles. The SMILES string of the molecule is CCON1C(C)(C)CC(NCCC[Si](OCC)(OCC)OCC)CC1(C)C. The lowest BCUT2D eigenvalue weighted by atomic mass is 9.79. The number of hydrogen-bond donors (Lipinski definition) is 1. The molecule has 0 bridgehead atoms. The zero-order valence-corrected chi connectivity index (χ0v) is 20.0. The minimum absolute atomic E-state index is 0.00982. The van der Waals surface area contributed by atoms with Gasteiger partial charge in [-0.2, -0.15) is 5.06 Å². The first-order valence-electron chi connectivity index (χ1n) is 10.7. The van der Waals surface area contributed by atoms with Crippen LogP contribution in [-0.2, 0) is 18.1 Å². The van der Waals surface area contributed by atoms with Gasteiger partial charge in [-0.1, -0.05) is 0 Å². The average Bonchev–Trinajstić information content (AvgIpc) is 2.55.